The van der Waals surface area contributed by atoms with Gasteiger partial charge in [-0.25, -0.2) is 4.79 Å². The Kier molecular flexibility index (Phi) is 16.2. The summed E-state index contributed by atoms with van der Waals surface area (Å²) in [7, 11) is 0. The summed E-state index contributed by atoms with van der Waals surface area (Å²) >= 11 is 0. The molecule has 0 amide bonds. The molecule has 0 N–H and O–H groups in total. The Balaban J connectivity index is 2.58. The van der Waals surface area contributed by atoms with Crippen molar-refractivity contribution in [1.82, 2.24) is 0 Å². The Morgan fingerprint density at radius 2 is 1.27 bits per heavy atom. The van der Waals surface area contributed by atoms with Crippen LogP contribution in [0.3, 0.4) is 0 Å². The second-order valence-electron chi connectivity index (χ2n) is 8.48. The van der Waals surface area contributed by atoms with Gasteiger partial charge in [-0.15, -0.1) is 0 Å². The summed E-state index contributed by atoms with van der Waals surface area (Å²) in [5.74, 6) is 0.701. The monoisotopic (exact) mass is 418 g/mol. The van der Waals surface area contributed by atoms with Crippen LogP contribution in [0, 0.1) is 0 Å². The molecule has 0 aromatic heterocycles. The Hall–Kier alpha value is -1.51. The zero-order chi connectivity index (χ0) is 21.9. The minimum absolute atomic E-state index is 0.452. The van der Waals surface area contributed by atoms with E-state index in [2.05, 4.69) is 26.8 Å². The van der Waals surface area contributed by atoms with Crippen molar-refractivity contribution in [1.29, 1.82) is 0 Å². The SMILES string of the molecule is CCCCCCCCOC(=O)Oc1cccc(CCCCCC)c1CCCCCC. The van der Waals surface area contributed by atoms with Crippen LogP contribution in [0.2, 0.25) is 0 Å². The molecule has 30 heavy (non-hydrogen) atoms. The molecule has 0 saturated carbocycles. The number of carbonyl (C=O) groups excluding carboxylic acids is 1. The first-order valence-corrected chi connectivity index (χ1v) is 12.7. The summed E-state index contributed by atoms with van der Waals surface area (Å²) < 4.78 is 11.0. The van der Waals surface area contributed by atoms with Crippen molar-refractivity contribution in [2.24, 2.45) is 0 Å². The van der Waals surface area contributed by atoms with Crippen LogP contribution in [0.4, 0.5) is 4.79 Å². The van der Waals surface area contributed by atoms with Crippen LogP contribution >= 0.6 is 0 Å². The average Bonchev–Trinajstić information content (AvgIpc) is 2.75. The molecule has 1 aromatic rings. The predicted octanol–water partition coefficient (Wildman–Crippen LogP) is 8.81. The normalized spacial score (nSPS) is 10.9. The Bertz CT molecular complexity index is 553. The van der Waals surface area contributed by atoms with E-state index in [0.717, 1.165) is 32.1 Å². The lowest BCUT2D eigenvalue weighted by Gasteiger charge is -2.15. The van der Waals surface area contributed by atoms with Crippen molar-refractivity contribution < 1.29 is 14.3 Å². The second kappa shape index (κ2) is 18.3. The fourth-order valence-corrected chi connectivity index (χ4v) is 3.85. The molecule has 0 spiro atoms. The maximum Gasteiger partial charge on any atom is 0.513 e. The van der Waals surface area contributed by atoms with Gasteiger partial charge in [0.25, 0.3) is 0 Å². The highest BCUT2D eigenvalue weighted by molar-refractivity contribution is 5.65. The molecule has 1 aromatic carbocycles. The van der Waals surface area contributed by atoms with Crippen LogP contribution in [0.25, 0.3) is 0 Å². The molecule has 0 heterocycles. The third-order valence-corrected chi connectivity index (χ3v) is 5.72. The van der Waals surface area contributed by atoms with Gasteiger partial charge < -0.3 is 9.47 Å². The van der Waals surface area contributed by atoms with Crippen LogP contribution in [0.15, 0.2) is 18.2 Å². The highest BCUT2D eigenvalue weighted by Crippen LogP contribution is 2.27. The van der Waals surface area contributed by atoms with E-state index in [1.165, 1.54) is 81.8 Å². The van der Waals surface area contributed by atoms with Crippen molar-refractivity contribution in [3.63, 3.8) is 0 Å². The quantitative estimate of drug-likeness (QED) is 0.136. The maximum absolute atomic E-state index is 12.2. The number of unbranched alkanes of at least 4 members (excludes halogenated alkanes) is 11. The van der Waals surface area contributed by atoms with E-state index in [0.29, 0.717) is 12.4 Å². The first-order valence-electron chi connectivity index (χ1n) is 12.7. The number of benzene rings is 1. The summed E-state index contributed by atoms with van der Waals surface area (Å²) in [5, 5.41) is 0. The van der Waals surface area contributed by atoms with Gasteiger partial charge in [-0.3, -0.25) is 0 Å². The lowest BCUT2D eigenvalue weighted by molar-refractivity contribution is 0.0969. The van der Waals surface area contributed by atoms with Crippen molar-refractivity contribution in [2.75, 3.05) is 6.61 Å². The number of aryl methyl sites for hydroxylation is 1. The summed E-state index contributed by atoms with van der Waals surface area (Å²) in [5.41, 5.74) is 2.55. The molecule has 1 rings (SSSR count). The molecule has 0 radical (unpaired) electrons. The number of hydrogen-bond donors (Lipinski definition) is 0. The van der Waals surface area contributed by atoms with Crippen molar-refractivity contribution in [3.05, 3.63) is 29.3 Å². The summed E-state index contributed by atoms with van der Waals surface area (Å²) in [6, 6.07) is 6.15. The molecule has 0 aliphatic rings. The third kappa shape index (κ3) is 12.2. The van der Waals surface area contributed by atoms with Gasteiger partial charge in [0.1, 0.15) is 5.75 Å². The lowest BCUT2D eigenvalue weighted by Crippen LogP contribution is -2.13. The Labute approximate surface area is 185 Å². The fraction of sp³-hybridized carbons (Fsp3) is 0.741. The van der Waals surface area contributed by atoms with Gasteiger partial charge in [0, 0.05) is 0 Å². The van der Waals surface area contributed by atoms with Gasteiger partial charge in [-0.2, -0.15) is 0 Å². The van der Waals surface area contributed by atoms with E-state index < -0.39 is 6.16 Å². The highest BCUT2D eigenvalue weighted by Gasteiger charge is 2.14. The molecule has 0 atom stereocenters. The molecule has 0 unspecified atom stereocenters. The molecular formula is C27H46O3. The van der Waals surface area contributed by atoms with Crippen molar-refractivity contribution >= 4 is 6.16 Å². The fourth-order valence-electron chi connectivity index (χ4n) is 3.85. The minimum atomic E-state index is -0.554. The van der Waals surface area contributed by atoms with Crippen LogP contribution < -0.4 is 4.74 Å². The van der Waals surface area contributed by atoms with Crippen LogP contribution in [-0.4, -0.2) is 12.8 Å². The third-order valence-electron chi connectivity index (χ3n) is 5.72. The maximum atomic E-state index is 12.2. The van der Waals surface area contributed by atoms with Gasteiger partial charge in [-0.1, -0.05) is 104 Å². The van der Waals surface area contributed by atoms with Crippen LogP contribution in [-0.2, 0) is 17.6 Å². The van der Waals surface area contributed by atoms with Crippen molar-refractivity contribution in [3.8, 4) is 5.75 Å². The van der Waals surface area contributed by atoms with Crippen molar-refractivity contribution in [2.45, 2.75) is 124 Å². The number of hydrogen-bond acceptors (Lipinski definition) is 3. The van der Waals surface area contributed by atoms with E-state index in [9.17, 15) is 4.79 Å². The van der Waals surface area contributed by atoms with E-state index in [4.69, 9.17) is 9.47 Å². The van der Waals surface area contributed by atoms with Gasteiger partial charge in [0.05, 0.1) is 6.61 Å². The Morgan fingerprint density at radius 1 is 0.700 bits per heavy atom. The molecule has 0 saturated heterocycles. The van der Waals surface area contributed by atoms with Gasteiger partial charge in [0.15, 0.2) is 0 Å². The number of ether oxygens (including phenoxy) is 2. The summed E-state index contributed by atoms with van der Waals surface area (Å²) in [6.45, 7) is 7.14. The molecule has 0 bridgehead atoms. The van der Waals surface area contributed by atoms with Crippen LogP contribution in [0.5, 0.6) is 5.75 Å². The minimum Gasteiger partial charge on any atom is -0.434 e. The van der Waals surface area contributed by atoms with Gasteiger partial charge in [0.2, 0.25) is 0 Å². The molecule has 172 valence electrons. The molecular weight excluding hydrogens is 372 g/mol. The molecule has 0 fully saturated rings. The molecule has 3 heteroatoms. The predicted molar refractivity (Wildman–Crippen MR) is 127 cm³/mol. The molecule has 3 nitrogen and oxygen atoms in total. The highest BCUT2D eigenvalue weighted by atomic mass is 16.7. The standard InChI is InChI=1S/C27H46O3/c1-4-7-10-13-14-17-23-29-27(28)30-26-22-18-20-24(19-15-11-8-5-2)25(26)21-16-12-9-6-3/h18,20,22H,4-17,19,21,23H2,1-3H3. The van der Waals surface area contributed by atoms with E-state index in [1.807, 2.05) is 12.1 Å². The first-order chi connectivity index (χ1) is 14.7. The number of carbonyl (C=O) groups is 1. The van der Waals surface area contributed by atoms with Crippen LogP contribution in [0.1, 0.15) is 122 Å². The van der Waals surface area contributed by atoms with E-state index in [-0.39, 0.29) is 0 Å². The molecule has 0 aliphatic carbocycles. The van der Waals surface area contributed by atoms with E-state index >= 15 is 0 Å². The second-order valence-corrected chi connectivity index (χ2v) is 8.48. The zero-order valence-corrected chi connectivity index (χ0v) is 20.0. The molecule has 0 aliphatic heterocycles. The lowest BCUT2D eigenvalue weighted by atomic mass is 9.96. The van der Waals surface area contributed by atoms with E-state index in [1.54, 1.807) is 0 Å². The topological polar surface area (TPSA) is 35.5 Å². The smallest absolute Gasteiger partial charge is 0.434 e. The number of rotatable bonds is 18. The largest absolute Gasteiger partial charge is 0.513 e. The Morgan fingerprint density at radius 3 is 1.93 bits per heavy atom. The summed E-state index contributed by atoms with van der Waals surface area (Å²) in [6.07, 6.45) is 18.4. The zero-order valence-electron chi connectivity index (χ0n) is 20.0. The summed E-state index contributed by atoms with van der Waals surface area (Å²) in [4.78, 5) is 12.2. The van der Waals surface area contributed by atoms with Gasteiger partial charge >= 0.3 is 6.16 Å². The first kappa shape index (κ1) is 26.5. The average molecular weight is 419 g/mol. The van der Waals surface area contributed by atoms with Gasteiger partial charge in [-0.05, 0) is 49.3 Å².